The molecule has 0 saturated heterocycles. The Kier molecular flexibility index (Phi) is 1.08. The highest BCUT2D eigenvalue weighted by atomic mass is 16.6. The van der Waals surface area contributed by atoms with Crippen molar-refractivity contribution in [3.63, 3.8) is 0 Å². The summed E-state index contributed by atoms with van der Waals surface area (Å²) < 4.78 is 5.23. The molecule has 9 heavy (non-hydrogen) atoms. The molecule has 2 aliphatic carbocycles. The summed E-state index contributed by atoms with van der Waals surface area (Å²) in [5, 5.41) is 11.0. The van der Waals surface area contributed by atoms with Gasteiger partial charge in [-0.15, -0.1) is 0 Å². The Labute approximate surface area is 54.8 Å². The lowest BCUT2D eigenvalue weighted by Gasteiger charge is -2.27. The van der Waals surface area contributed by atoms with Crippen LogP contribution in [-0.4, -0.2) is 11.9 Å². The fraction of sp³-hybridized carbons (Fsp3) is 1.00. The molecular weight excluding hydrogens is 116 g/mol. The van der Waals surface area contributed by atoms with E-state index in [0.717, 1.165) is 25.7 Å². The SMILES string of the molecule is [O]C1(OC2CCC2)CC1. The van der Waals surface area contributed by atoms with Gasteiger partial charge in [0.25, 0.3) is 0 Å². The molecule has 2 rings (SSSR count). The minimum absolute atomic E-state index is 0.324. The first-order valence-electron chi connectivity index (χ1n) is 3.67. The molecule has 0 aliphatic heterocycles. The van der Waals surface area contributed by atoms with Gasteiger partial charge in [0.05, 0.1) is 6.10 Å². The first-order chi connectivity index (χ1) is 4.29. The molecule has 2 saturated carbocycles. The molecule has 0 N–H and O–H groups in total. The van der Waals surface area contributed by atoms with Gasteiger partial charge in [0.15, 0.2) is 0 Å². The summed E-state index contributed by atoms with van der Waals surface area (Å²) in [6.07, 6.45) is 5.28. The zero-order valence-corrected chi connectivity index (χ0v) is 5.43. The maximum absolute atomic E-state index is 11.0. The second kappa shape index (κ2) is 1.70. The van der Waals surface area contributed by atoms with Crippen LogP contribution >= 0.6 is 0 Å². The van der Waals surface area contributed by atoms with Gasteiger partial charge < -0.3 is 4.74 Å². The predicted octanol–water partition coefficient (Wildman–Crippen LogP) is 1.48. The zero-order valence-electron chi connectivity index (χ0n) is 5.43. The van der Waals surface area contributed by atoms with Crippen LogP contribution < -0.4 is 0 Å². The van der Waals surface area contributed by atoms with Crippen molar-refractivity contribution in [2.75, 3.05) is 0 Å². The van der Waals surface area contributed by atoms with Gasteiger partial charge in [-0.1, -0.05) is 0 Å². The van der Waals surface area contributed by atoms with Crippen LogP contribution in [0.4, 0.5) is 0 Å². The van der Waals surface area contributed by atoms with Crippen LogP contribution in [0.15, 0.2) is 0 Å². The summed E-state index contributed by atoms with van der Waals surface area (Å²) in [7, 11) is 0. The lowest BCUT2D eigenvalue weighted by Crippen LogP contribution is -2.27. The van der Waals surface area contributed by atoms with E-state index in [2.05, 4.69) is 0 Å². The van der Waals surface area contributed by atoms with Gasteiger partial charge in [0.2, 0.25) is 5.79 Å². The lowest BCUT2D eigenvalue weighted by atomic mass is 9.96. The van der Waals surface area contributed by atoms with Gasteiger partial charge in [0.1, 0.15) is 0 Å². The molecule has 2 heteroatoms. The minimum Gasteiger partial charge on any atom is -0.344 e. The van der Waals surface area contributed by atoms with Crippen LogP contribution in [0.2, 0.25) is 0 Å². The average Bonchev–Trinajstić information content (AvgIpc) is 2.39. The Bertz CT molecular complexity index is 114. The Balaban J connectivity index is 1.76. The van der Waals surface area contributed by atoms with E-state index in [1.807, 2.05) is 0 Å². The Morgan fingerprint density at radius 2 is 2.00 bits per heavy atom. The van der Waals surface area contributed by atoms with E-state index in [-0.39, 0.29) is 0 Å². The van der Waals surface area contributed by atoms with Crippen LogP contribution in [0.3, 0.4) is 0 Å². The van der Waals surface area contributed by atoms with Gasteiger partial charge in [-0.3, -0.25) is 0 Å². The molecular formula is C7H11O2. The van der Waals surface area contributed by atoms with Crippen molar-refractivity contribution in [1.29, 1.82) is 0 Å². The largest absolute Gasteiger partial charge is 0.344 e. The topological polar surface area (TPSA) is 29.1 Å². The van der Waals surface area contributed by atoms with E-state index in [1.165, 1.54) is 6.42 Å². The highest BCUT2D eigenvalue weighted by molar-refractivity contribution is 4.86. The molecule has 0 aromatic carbocycles. The molecule has 0 heterocycles. The second-order valence-electron chi connectivity index (χ2n) is 3.08. The van der Waals surface area contributed by atoms with Crippen LogP contribution in [0.25, 0.3) is 0 Å². The third-order valence-corrected chi connectivity index (χ3v) is 2.09. The summed E-state index contributed by atoms with van der Waals surface area (Å²) in [5.41, 5.74) is 0. The Hall–Kier alpha value is -0.0800. The number of hydrogen-bond donors (Lipinski definition) is 0. The summed E-state index contributed by atoms with van der Waals surface area (Å²) >= 11 is 0. The molecule has 0 bridgehead atoms. The van der Waals surface area contributed by atoms with Gasteiger partial charge in [-0.25, -0.2) is 0 Å². The second-order valence-corrected chi connectivity index (χ2v) is 3.08. The summed E-state index contributed by atoms with van der Waals surface area (Å²) in [6.45, 7) is 0. The third kappa shape index (κ3) is 1.10. The highest BCUT2D eigenvalue weighted by Gasteiger charge is 2.46. The molecule has 2 aliphatic rings. The van der Waals surface area contributed by atoms with E-state index in [4.69, 9.17) is 4.74 Å². The van der Waals surface area contributed by atoms with Crippen LogP contribution in [-0.2, 0) is 9.84 Å². The number of hydrogen-bond acceptors (Lipinski definition) is 1. The first-order valence-corrected chi connectivity index (χ1v) is 3.67. The fourth-order valence-electron chi connectivity index (χ4n) is 1.01. The highest BCUT2D eigenvalue weighted by Crippen LogP contribution is 2.41. The van der Waals surface area contributed by atoms with Crippen LogP contribution in [0.1, 0.15) is 32.1 Å². The molecule has 51 valence electrons. The van der Waals surface area contributed by atoms with Crippen molar-refractivity contribution >= 4 is 0 Å². The maximum Gasteiger partial charge on any atom is 0.202 e. The van der Waals surface area contributed by atoms with E-state index in [9.17, 15) is 5.11 Å². The molecule has 0 aromatic rings. The van der Waals surface area contributed by atoms with Crippen molar-refractivity contribution in [3.05, 3.63) is 0 Å². The standard InChI is InChI=1S/C7H11O2/c8-7(4-5-7)9-6-2-1-3-6/h6H,1-5H2. The van der Waals surface area contributed by atoms with Gasteiger partial charge in [-0.05, 0) is 19.3 Å². The van der Waals surface area contributed by atoms with Gasteiger partial charge in [-0.2, -0.15) is 5.11 Å². The van der Waals surface area contributed by atoms with Crippen LogP contribution in [0, 0.1) is 0 Å². The molecule has 0 unspecified atom stereocenters. The molecule has 2 fully saturated rings. The van der Waals surface area contributed by atoms with E-state index in [0.29, 0.717) is 6.10 Å². The van der Waals surface area contributed by atoms with Gasteiger partial charge >= 0.3 is 0 Å². The van der Waals surface area contributed by atoms with Crippen molar-refractivity contribution in [1.82, 2.24) is 0 Å². The Morgan fingerprint density at radius 3 is 2.33 bits per heavy atom. The van der Waals surface area contributed by atoms with E-state index in [1.54, 1.807) is 0 Å². The van der Waals surface area contributed by atoms with Crippen LogP contribution in [0.5, 0.6) is 0 Å². The minimum atomic E-state index is -0.926. The normalized spacial score (nSPS) is 31.7. The van der Waals surface area contributed by atoms with Gasteiger partial charge in [0, 0.05) is 12.8 Å². The van der Waals surface area contributed by atoms with Crippen molar-refractivity contribution in [3.8, 4) is 0 Å². The fourth-order valence-corrected chi connectivity index (χ4v) is 1.01. The number of ether oxygens (including phenoxy) is 1. The maximum atomic E-state index is 11.0. The van der Waals surface area contributed by atoms with E-state index >= 15 is 0 Å². The molecule has 0 aromatic heterocycles. The summed E-state index contributed by atoms with van der Waals surface area (Å²) in [5.74, 6) is -0.926. The van der Waals surface area contributed by atoms with E-state index < -0.39 is 5.79 Å². The summed E-state index contributed by atoms with van der Waals surface area (Å²) in [4.78, 5) is 0. The zero-order chi connectivity index (χ0) is 6.32. The Morgan fingerprint density at radius 1 is 1.33 bits per heavy atom. The molecule has 0 atom stereocenters. The monoisotopic (exact) mass is 127 g/mol. The predicted molar refractivity (Wildman–Crippen MR) is 31.4 cm³/mol. The summed E-state index contributed by atoms with van der Waals surface area (Å²) in [6, 6.07) is 0. The number of rotatable bonds is 2. The molecule has 2 nitrogen and oxygen atoms in total. The quantitative estimate of drug-likeness (QED) is 0.516. The smallest absolute Gasteiger partial charge is 0.202 e. The molecule has 0 spiro atoms. The molecule has 0 amide bonds. The van der Waals surface area contributed by atoms with Crippen molar-refractivity contribution in [2.24, 2.45) is 0 Å². The molecule has 1 radical (unpaired) electrons. The third-order valence-electron chi connectivity index (χ3n) is 2.09. The van der Waals surface area contributed by atoms with Crippen molar-refractivity contribution in [2.45, 2.75) is 44.0 Å². The lowest BCUT2D eigenvalue weighted by molar-refractivity contribution is -0.209. The van der Waals surface area contributed by atoms with Crippen molar-refractivity contribution < 1.29 is 9.84 Å². The average molecular weight is 127 g/mol. The first kappa shape index (κ1) is 5.69.